The van der Waals surface area contributed by atoms with Crippen LogP contribution in [-0.2, 0) is 6.54 Å². The van der Waals surface area contributed by atoms with Gasteiger partial charge in [-0.3, -0.25) is 4.40 Å². The van der Waals surface area contributed by atoms with E-state index in [0.717, 1.165) is 11.3 Å². The van der Waals surface area contributed by atoms with E-state index in [1.165, 1.54) is 0 Å². The molecule has 108 valence electrons. The van der Waals surface area contributed by atoms with Gasteiger partial charge in [-0.1, -0.05) is 29.3 Å². The van der Waals surface area contributed by atoms with Crippen molar-refractivity contribution in [3.8, 4) is 0 Å². The Balaban J connectivity index is 1.71. The van der Waals surface area contributed by atoms with Crippen LogP contribution < -0.4 is 5.32 Å². The Hall–Kier alpha value is -1.62. The summed E-state index contributed by atoms with van der Waals surface area (Å²) >= 11 is 12.1. The van der Waals surface area contributed by atoms with Crippen molar-refractivity contribution < 1.29 is 0 Å². The molecule has 0 unspecified atom stereocenters. The van der Waals surface area contributed by atoms with E-state index in [1.807, 2.05) is 35.0 Å². The van der Waals surface area contributed by atoms with Crippen LogP contribution >= 0.6 is 23.2 Å². The van der Waals surface area contributed by atoms with Gasteiger partial charge in [0.2, 0.25) is 5.78 Å². The molecule has 6 heteroatoms. The molecule has 2 aromatic heterocycles. The first-order valence-corrected chi connectivity index (χ1v) is 7.36. The van der Waals surface area contributed by atoms with E-state index in [-0.39, 0.29) is 6.04 Å². The van der Waals surface area contributed by atoms with Gasteiger partial charge in [0.15, 0.2) is 0 Å². The minimum absolute atomic E-state index is 0.104. The van der Waals surface area contributed by atoms with Gasteiger partial charge in [0.05, 0.1) is 5.69 Å². The fourth-order valence-corrected chi connectivity index (χ4v) is 2.76. The Morgan fingerprint density at radius 3 is 2.95 bits per heavy atom. The number of hydrogen-bond acceptors (Lipinski definition) is 3. The monoisotopic (exact) mass is 320 g/mol. The first kappa shape index (κ1) is 14.3. The van der Waals surface area contributed by atoms with E-state index in [0.29, 0.717) is 22.4 Å². The van der Waals surface area contributed by atoms with Crippen LogP contribution in [0.1, 0.15) is 24.2 Å². The molecule has 0 amide bonds. The van der Waals surface area contributed by atoms with Crippen molar-refractivity contribution in [3.63, 3.8) is 0 Å². The van der Waals surface area contributed by atoms with Crippen molar-refractivity contribution >= 4 is 29.0 Å². The van der Waals surface area contributed by atoms with Gasteiger partial charge in [-0.2, -0.15) is 0 Å². The van der Waals surface area contributed by atoms with Crippen LogP contribution in [0.2, 0.25) is 10.0 Å². The number of rotatable bonds is 4. The third-order valence-electron chi connectivity index (χ3n) is 3.30. The molecule has 1 aromatic carbocycles. The molecule has 0 aliphatic heterocycles. The Kier molecular flexibility index (Phi) is 4.10. The summed E-state index contributed by atoms with van der Waals surface area (Å²) in [6.45, 7) is 2.70. The van der Waals surface area contributed by atoms with Crippen LogP contribution in [-0.4, -0.2) is 14.4 Å². The SMILES string of the molecule is C[C@@H](NCc1cn2cccnc2n1)c1ccc(Cl)cc1Cl. The Labute approximate surface area is 132 Å². The molecule has 0 saturated carbocycles. The van der Waals surface area contributed by atoms with E-state index in [9.17, 15) is 0 Å². The van der Waals surface area contributed by atoms with Gasteiger partial charge >= 0.3 is 0 Å². The quantitative estimate of drug-likeness (QED) is 0.793. The maximum Gasteiger partial charge on any atom is 0.233 e. The Morgan fingerprint density at radius 1 is 1.33 bits per heavy atom. The van der Waals surface area contributed by atoms with E-state index < -0.39 is 0 Å². The molecule has 21 heavy (non-hydrogen) atoms. The summed E-state index contributed by atoms with van der Waals surface area (Å²) in [5, 5.41) is 4.71. The predicted molar refractivity (Wildman–Crippen MR) is 84.7 cm³/mol. The summed E-state index contributed by atoms with van der Waals surface area (Å²) < 4.78 is 1.90. The molecule has 4 nitrogen and oxygen atoms in total. The van der Waals surface area contributed by atoms with Crippen LogP contribution in [0.3, 0.4) is 0 Å². The van der Waals surface area contributed by atoms with Crippen LogP contribution in [0.25, 0.3) is 5.78 Å². The minimum atomic E-state index is 0.104. The number of benzene rings is 1. The first-order chi connectivity index (χ1) is 10.1. The van der Waals surface area contributed by atoms with Crippen LogP contribution in [0, 0.1) is 0 Å². The third-order valence-corrected chi connectivity index (χ3v) is 3.87. The molecular formula is C15H14Cl2N4. The van der Waals surface area contributed by atoms with Gasteiger partial charge in [0, 0.05) is 41.2 Å². The maximum atomic E-state index is 6.22. The molecule has 1 atom stereocenters. The maximum absolute atomic E-state index is 6.22. The largest absolute Gasteiger partial charge is 0.304 e. The molecule has 2 heterocycles. The third kappa shape index (κ3) is 3.18. The molecule has 0 aliphatic rings. The van der Waals surface area contributed by atoms with Crippen molar-refractivity contribution in [2.24, 2.45) is 0 Å². The zero-order valence-electron chi connectivity index (χ0n) is 11.4. The molecule has 0 aliphatic carbocycles. The molecule has 1 N–H and O–H groups in total. The highest BCUT2D eigenvalue weighted by Crippen LogP contribution is 2.26. The number of nitrogens with one attached hydrogen (secondary N) is 1. The lowest BCUT2D eigenvalue weighted by molar-refractivity contribution is 0.569. The van der Waals surface area contributed by atoms with Gasteiger partial charge < -0.3 is 5.32 Å². The number of aromatic nitrogens is 3. The van der Waals surface area contributed by atoms with Gasteiger partial charge in [0.1, 0.15) is 0 Å². The van der Waals surface area contributed by atoms with E-state index in [1.54, 1.807) is 12.3 Å². The first-order valence-electron chi connectivity index (χ1n) is 6.60. The minimum Gasteiger partial charge on any atom is -0.304 e. The molecular weight excluding hydrogens is 307 g/mol. The normalized spacial score (nSPS) is 12.7. The predicted octanol–water partition coefficient (Wildman–Crippen LogP) is 3.89. The van der Waals surface area contributed by atoms with E-state index in [2.05, 4.69) is 22.2 Å². The number of fused-ring (bicyclic) bond motifs is 1. The van der Waals surface area contributed by atoms with Gasteiger partial charge in [-0.05, 0) is 30.7 Å². The van der Waals surface area contributed by atoms with Gasteiger partial charge in [-0.25, -0.2) is 9.97 Å². The van der Waals surface area contributed by atoms with Crippen molar-refractivity contribution in [2.75, 3.05) is 0 Å². The van der Waals surface area contributed by atoms with E-state index >= 15 is 0 Å². The molecule has 0 radical (unpaired) electrons. The Bertz CT molecular complexity index is 736. The number of halogens is 2. The summed E-state index contributed by atoms with van der Waals surface area (Å²) in [7, 11) is 0. The summed E-state index contributed by atoms with van der Waals surface area (Å²) in [6.07, 6.45) is 5.62. The average molecular weight is 321 g/mol. The van der Waals surface area contributed by atoms with E-state index in [4.69, 9.17) is 23.2 Å². The zero-order chi connectivity index (χ0) is 14.8. The van der Waals surface area contributed by atoms with Crippen molar-refractivity contribution in [1.82, 2.24) is 19.7 Å². The highest BCUT2D eigenvalue weighted by Gasteiger charge is 2.10. The smallest absolute Gasteiger partial charge is 0.233 e. The average Bonchev–Trinajstić information content (AvgIpc) is 2.87. The fourth-order valence-electron chi connectivity index (χ4n) is 2.18. The topological polar surface area (TPSA) is 42.2 Å². The molecule has 0 bridgehead atoms. The highest BCUT2D eigenvalue weighted by molar-refractivity contribution is 6.35. The Morgan fingerprint density at radius 2 is 2.19 bits per heavy atom. The summed E-state index contributed by atoms with van der Waals surface area (Å²) in [6, 6.07) is 7.52. The van der Waals surface area contributed by atoms with Crippen molar-refractivity contribution in [3.05, 3.63) is 64.2 Å². The summed E-state index contributed by atoms with van der Waals surface area (Å²) in [5.74, 6) is 0.700. The second kappa shape index (κ2) is 6.02. The lowest BCUT2D eigenvalue weighted by atomic mass is 10.1. The molecule has 0 spiro atoms. The summed E-state index contributed by atoms with van der Waals surface area (Å²) in [4.78, 5) is 8.65. The summed E-state index contributed by atoms with van der Waals surface area (Å²) in [5.41, 5.74) is 1.95. The molecule has 0 fully saturated rings. The lowest BCUT2D eigenvalue weighted by Crippen LogP contribution is -2.18. The number of nitrogens with zero attached hydrogens (tertiary/aromatic N) is 3. The number of imidazole rings is 1. The zero-order valence-corrected chi connectivity index (χ0v) is 12.9. The fraction of sp³-hybridized carbons (Fsp3) is 0.200. The number of hydrogen-bond donors (Lipinski definition) is 1. The molecule has 3 aromatic rings. The highest BCUT2D eigenvalue weighted by atomic mass is 35.5. The molecule has 0 saturated heterocycles. The second-order valence-electron chi connectivity index (χ2n) is 4.83. The van der Waals surface area contributed by atoms with Crippen LogP contribution in [0.4, 0.5) is 0 Å². The van der Waals surface area contributed by atoms with Crippen molar-refractivity contribution in [2.45, 2.75) is 19.5 Å². The van der Waals surface area contributed by atoms with Crippen LogP contribution in [0.15, 0.2) is 42.9 Å². The second-order valence-corrected chi connectivity index (χ2v) is 5.67. The van der Waals surface area contributed by atoms with Gasteiger partial charge in [-0.15, -0.1) is 0 Å². The lowest BCUT2D eigenvalue weighted by Gasteiger charge is -2.15. The molecule has 3 rings (SSSR count). The van der Waals surface area contributed by atoms with Gasteiger partial charge in [0.25, 0.3) is 0 Å². The van der Waals surface area contributed by atoms with Crippen LogP contribution in [0.5, 0.6) is 0 Å². The standard InChI is InChI=1S/C15H14Cl2N4/c1-10(13-4-3-11(16)7-14(13)17)19-8-12-9-21-6-2-5-18-15(21)20-12/h2-7,9-10,19H,8H2,1H3/t10-/m1/s1. The van der Waals surface area contributed by atoms with Crippen molar-refractivity contribution in [1.29, 1.82) is 0 Å².